The van der Waals surface area contributed by atoms with E-state index in [0.29, 0.717) is 0 Å². The second-order valence-corrected chi connectivity index (χ2v) is 21.4. The van der Waals surface area contributed by atoms with Gasteiger partial charge in [0, 0.05) is 0 Å². The van der Waals surface area contributed by atoms with Crippen molar-refractivity contribution in [3.8, 4) is 0 Å². The van der Waals surface area contributed by atoms with Gasteiger partial charge in [0.15, 0.2) is 0 Å². The summed E-state index contributed by atoms with van der Waals surface area (Å²) in [5.41, 5.74) is 5.47. The summed E-state index contributed by atoms with van der Waals surface area (Å²) in [4.78, 5) is 12.2. The van der Waals surface area contributed by atoms with Crippen molar-refractivity contribution in [3.63, 3.8) is 0 Å². The average Bonchev–Trinajstić information content (AvgIpc) is 2.97. The van der Waals surface area contributed by atoms with E-state index in [2.05, 4.69) is 26.8 Å². The van der Waals surface area contributed by atoms with E-state index in [1.54, 1.807) is 14.2 Å². The summed E-state index contributed by atoms with van der Waals surface area (Å²) in [5, 5.41) is 0. The standard InChI is InChI=1S/C5H4NOS.3C4H9.Sn/c6-5(7)4-2-1-3-8-4;3*1-3-4-2;/h1-2H,(H2,6,7);3*1,3-4H2,2H3;. The average molecular weight is 416 g/mol. The van der Waals surface area contributed by atoms with Crippen LogP contribution in [0.25, 0.3) is 0 Å². The third-order valence-electron chi connectivity index (χ3n) is 4.40. The zero-order valence-electron chi connectivity index (χ0n) is 13.9. The van der Waals surface area contributed by atoms with E-state index in [-0.39, 0.29) is 5.91 Å². The van der Waals surface area contributed by atoms with Crippen molar-refractivity contribution in [3.05, 3.63) is 17.0 Å². The SMILES string of the molecule is CCC[CH2][Sn]([CH2]CCC)([CH2]CCC)[c]1ccc(C(N)=O)s1. The van der Waals surface area contributed by atoms with Gasteiger partial charge in [-0.3, -0.25) is 0 Å². The molecule has 21 heavy (non-hydrogen) atoms. The van der Waals surface area contributed by atoms with Gasteiger partial charge in [0.1, 0.15) is 0 Å². The molecule has 0 aliphatic heterocycles. The molecular weight excluding hydrogens is 385 g/mol. The van der Waals surface area contributed by atoms with Crippen molar-refractivity contribution in [2.24, 2.45) is 5.73 Å². The Morgan fingerprint density at radius 3 is 1.81 bits per heavy atom. The summed E-state index contributed by atoms with van der Waals surface area (Å²) in [6, 6.07) is 4.22. The Morgan fingerprint density at radius 1 is 1.00 bits per heavy atom. The molecule has 1 amide bonds. The monoisotopic (exact) mass is 417 g/mol. The molecule has 1 rings (SSSR count). The first-order chi connectivity index (χ1) is 10.1. The third-order valence-corrected chi connectivity index (χ3v) is 23.8. The molecule has 0 aliphatic rings. The fraction of sp³-hybridized carbons (Fsp3) is 0.706. The van der Waals surface area contributed by atoms with Crippen molar-refractivity contribution in [1.82, 2.24) is 0 Å². The number of amides is 1. The summed E-state index contributed by atoms with van der Waals surface area (Å²) < 4.78 is 5.94. The van der Waals surface area contributed by atoms with Gasteiger partial charge in [0.2, 0.25) is 0 Å². The summed E-state index contributed by atoms with van der Waals surface area (Å²) in [7, 11) is 0. The van der Waals surface area contributed by atoms with Crippen LogP contribution >= 0.6 is 11.3 Å². The predicted molar refractivity (Wildman–Crippen MR) is 97.4 cm³/mol. The molecule has 4 heteroatoms. The van der Waals surface area contributed by atoms with Gasteiger partial charge >= 0.3 is 139 Å². The van der Waals surface area contributed by atoms with Gasteiger partial charge in [-0.2, -0.15) is 0 Å². The number of primary amides is 1. The van der Waals surface area contributed by atoms with E-state index in [1.807, 2.05) is 6.07 Å². The van der Waals surface area contributed by atoms with Crippen molar-refractivity contribution in [1.29, 1.82) is 0 Å². The summed E-state index contributed by atoms with van der Waals surface area (Å²) in [5.74, 6) is -0.257. The van der Waals surface area contributed by atoms with Crippen LogP contribution in [0.3, 0.4) is 0 Å². The van der Waals surface area contributed by atoms with Crippen LogP contribution in [0.4, 0.5) is 0 Å². The Morgan fingerprint density at radius 2 is 1.48 bits per heavy atom. The normalized spacial score (nSPS) is 11.8. The number of hydrogen-bond donors (Lipinski definition) is 1. The van der Waals surface area contributed by atoms with Crippen molar-refractivity contribution in [2.75, 3.05) is 0 Å². The van der Waals surface area contributed by atoms with Crippen LogP contribution in [0.2, 0.25) is 13.3 Å². The molecule has 0 saturated carbocycles. The number of nitrogens with two attached hydrogens (primary N) is 1. The minimum atomic E-state index is -2.33. The predicted octanol–water partition coefficient (Wildman–Crippen LogP) is 4.90. The van der Waals surface area contributed by atoms with Crippen molar-refractivity contribution in [2.45, 2.75) is 72.6 Å². The van der Waals surface area contributed by atoms with E-state index in [0.717, 1.165) is 4.88 Å². The molecule has 1 aromatic rings. The first kappa shape index (κ1) is 19.0. The molecule has 0 atom stereocenters. The van der Waals surface area contributed by atoms with E-state index in [9.17, 15) is 4.79 Å². The quantitative estimate of drug-likeness (QED) is 0.513. The van der Waals surface area contributed by atoms with Crippen LogP contribution in [0, 0.1) is 0 Å². The van der Waals surface area contributed by atoms with Crippen LogP contribution < -0.4 is 8.63 Å². The van der Waals surface area contributed by atoms with Crippen LogP contribution in [-0.2, 0) is 0 Å². The van der Waals surface area contributed by atoms with Crippen molar-refractivity contribution >= 4 is 38.5 Å². The summed E-state index contributed by atoms with van der Waals surface area (Å²) in [6.45, 7) is 6.87. The molecule has 1 aromatic heterocycles. The first-order valence-corrected chi connectivity index (χ1v) is 16.8. The van der Waals surface area contributed by atoms with Gasteiger partial charge in [0.25, 0.3) is 0 Å². The molecule has 0 fully saturated rings. The molecule has 2 N–H and O–H groups in total. The summed E-state index contributed by atoms with van der Waals surface area (Å²) >= 11 is -0.608. The first-order valence-electron chi connectivity index (χ1n) is 8.49. The molecule has 0 aromatic carbocycles. The third kappa shape index (κ3) is 5.59. The molecule has 0 bridgehead atoms. The second-order valence-electron chi connectivity index (χ2n) is 6.12. The zero-order valence-corrected chi connectivity index (χ0v) is 17.6. The fourth-order valence-electron chi connectivity index (χ4n) is 3.05. The Kier molecular flexibility index (Phi) is 8.95. The van der Waals surface area contributed by atoms with Gasteiger partial charge in [-0.25, -0.2) is 0 Å². The number of carbonyl (C=O) groups is 1. The Labute approximate surface area is 138 Å². The van der Waals surface area contributed by atoms with Crippen LogP contribution in [0.5, 0.6) is 0 Å². The Balaban J connectivity index is 3.06. The van der Waals surface area contributed by atoms with E-state index in [1.165, 1.54) is 51.8 Å². The molecule has 1 heterocycles. The summed E-state index contributed by atoms with van der Waals surface area (Å²) in [6.07, 6.45) is 7.91. The molecule has 0 saturated heterocycles. The number of thiophene rings is 1. The topological polar surface area (TPSA) is 43.1 Å². The molecule has 0 aliphatic carbocycles. The van der Waals surface area contributed by atoms with Crippen LogP contribution in [-0.4, -0.2) is 24.3 Å². The van der Waals surface area contributed by atoms with Gasteiger partial charge in [0.05, 0.1) is 0 Å². The molecular formula is C17H31NOSSn. The molecule has 0 unspecified atom stereocenters. The van der Waals surface area contributed by atoms with Crippen LogP contribution in [0.1, 0.15) is 69.0 Å². The minimum absolute atomic E-state index is 0.257. The van der Waals surface area contributed by atoms with Gasteiger partial charge in [-0.05, 0) is 0 Å². The maximum atomic E-state index is 11.4. The van der Waals surface area contributed by atoms with Gasteiger partial charge in [-0.15, -0.1) is 0 Å². The van der Waals surface area contributed by atoms with Crippen LogP contribution in [0.15, 0.2) is 12.1 Å². The molecule has 0 radical (unpaired) electrons. The van der Waals surface area contributed by atoms with Crippen molar-refractivity contribution < 1.29 is 4.79 Å². The van der Waals surface area contributed by atoms with E-state index >= 15 is 0 Å². The van der Waals surface area contributed by atoms with E-state index in [4.69, 9.17) is 5.73 Å². The number of rotatable bonds is 11. The maximum absolute atomic E-state index is 11.4. The van der Waals surface area contributed by atoms with Gasteiger partial charge in [-0.1, -0.05) is 0 Å². The number of hydrogen-bond acceptors (Lipinski definition) is 2. The zero-order chi connectivity index (χ0) is 15.7. The molecule has 0 spiro atoms. The molecule has 120 valence electrons. The van der Waals surface area contributed by atoms with E-state index < -0.39 is 18.4 Å². The number of unbranched alkanes of at least 4 members (excludes halogenated alkanes) is 3. The second kappa shape index (κ2) is 9.88. The van der Waals surface area contributed by atoms with Gasteiger partial charge < -0.3 is 0 Å². The number of carbonyl (C=O) groups excluding carboxylic acids is 1. The Hall–Kier alpha value is -0.0313. The Bertz CT molecular complexity index is 408. The fourth-order valence-corrected chi connectivity index (χ4v) is 23.0. The molecule has 2 nitrogen and oxygen atoms in total.